The van der Waals surface area contributed by atoms with Gasteiger partial charge in [0.25, 0.3) is 6.47 Å². The lowest BCUT2D eigenvalue weighted by molar-refractivity contribution is -0.192. The number of phenols is 1. The molecule has 1 aliphatic heterocycles. The second-order valence-corrected chi connectivity index (χ2v) is 11.4. The molecule has 0 aliphatic carbocycles. The maximum atomic E-state index is 13.6. The second-order valence-electron chi connectivity index (χ2n) is 11.4. The molecule has 328 valence electrons. The Morgan fingerprint density at radius 2 is 1.26 bits per heavy atom. The van der Waals surface area contributed by atoms with E-state index in [0.717, 1.165) is 0 Å². The number of nitrogens with zero attached hydrogens (tertiary/aromatic N) is 1. The number of carboxylic acids is 2. The molecule has 0 radical (unpaired) electrons. The van der Waals surface area contributed by atoms with E-state index >= 15 is 0 Å². The topological polar surface area (TPSA) is 368 Å². The molecule has 0 bridgehead atoms. The fraction of sp³-hybridized carbons (Fsp3) is 0.516. The highest BCUT2D eigenvalue weighted by Crippen LogP contribution is 2.14. The van der Waals surface area contributed by atoms with Gasteiger partial charge < -0.3 is 64.2 Å². The van der Waals surface area contributed by atoms with Crippen molar-refractivity contribution in [2.45, 2.75) is 82.0 Å². The summed E-state index contributed by atoms with van der Waals surface area (Å²) in [4.78, 5) is 98.4. The van der Waals surface area contributed by atoms with Gasteiger partial charge in [-0.3, -0.25) is 38.6 Å². The number of unbranched alkanes of at least 4 members (excludes halogenated alkanes) is 1. The van der Waals surface area contributed by atoms with Crippen molar-refractivity contribution < 1.29 is 85.1 Å². The Labute approximate surface area is 325 Å². The van der Waals surface area contributed by atoms with Crippen LogP contribution in [0.25, 0.3) is 0 Å². The SMILES string of the molecule is FC(F)F.NCCCCC1NC(=O)C(Cc2ccc(O)cc2)NC(=O)C(CC(=O)O)NC(=O)CNC(=O)C(CCCN=C(N)N)NC1=O.O=C(O)C(F)(F)F.O=CO. The van der Waals surface area contributed by atoms with Crippen molar-refractivity contribution in [2.24, 2.45) is 22.2 Å². The monoisotopic (exact) mass is 849 g/mol. The molecule has 58 heavy (non-hydrogen) atoms. The standard InChI is InChI=1S/C27H41N9O8.C2HF3O2.CHF3.CH2O2/c28-10-2-1-4-18-24(42)34-17(5-3-11-31-27(29)30)23(41)32-14-21(38)33-20(13-22(39)40)26(44)36-19(25(43)35-18)12-15-6-8-16(37)9-7-15;3-2(4,5)1(6)7;2-1(3)4;2-1-3/h6-9,17-20,37H,1-5,10-14,28H2,(H,32,41)(H,33,38)(H,34,42)(H,35,43)(H,36,44)(H,39,40)(H4,29,30,31);(H,6,7);1H;1H,(H,2,3). The van der Waals surface area contributed by atoms with Crippen molar-refractivity contribution in [1.29, 1.82) is 0 Å². The number of phenolic OH excluding ortho intramolecular Hbond substituents is 1. The van der Waals surface area contributed by atoms with Crippen LogP contribution in [-0.4, -0.2) is 131 Å². The van der Waals surface area contributed by atoms with Gasteiger partial charge in [-0.2, -0.15) is 26.3 Å². The van der Waals surface area contributed by atoms with Crippen LogP contribution in [0.15, 0.2) is 29.3 Å². The number of halogens is 6. The van der Waals surface area contributed by atoms with Crippen molar-refractivity contribution in [1.82, 2.24) is 26.6 Å². The van der Waals surface area contributed by atoms with E-state index in [1.165, 1.54) is 24.3 Å². The molecule has 1 fully saturated rings. The number of carbonyl (C=O) groups excluding carboxylic acids is 5. The number of alkyl halides is 6. The van der Waals surface area contributed by atoms with Crippen molar-refractivity contribution in [3.8, 4) is 5.75 Å². The van der Waals surface area contributed by atoms with Gasteiger partial charge >= 0.3 is 24.8 Å². The largest absolute Gasteiger partial charge is 0.508 e. The van der Waals surface area contributed by atoms with E-state index in [-0.39, 0.29) is 50.4 Å². The molecular weight excluding hydrogens is 804 g/mol. The van der Waals surface area contributed by atoms with E-state index in [9.17, 15) is 65.3 Å². The molecule has 1 aromatic carbocycles. The van der Waals surface area contributed by atoms with Gasteiger partial charge in [0.2, 0.25) is 29.5 Å². The predicted molar refractivity (Wildman–Crippen MR) is 187 cm³/mol. The Bertz CT molecular complexity index is 1520. The molecule has 27 heteroatoms. The van der Waals surface area contributed by atoms with Crippen molar-refractivity contribution >= 4 is 53.9 Å². The molecular formula is C31H45F6N9O12. The molecule has 0 saturated carbocycles. The van der Waals surface area contributed by atoms with E-state index in [2.05, 4.69) is 31.6 Å². The Morgan fingerprint density at radius 1 is 0.810 bits per heavy atom. The summed E-state index contributed by atoms with van der Waals surface area (Å²) >= 11 is 0. The van der Waals surface area contributed by atoms with Gasteiger partial charge in [0.15, 0.2) is 5.96 Å². The average molecular weight is 850 g/mol. The van der Waals surface area contributed by atoms with Crippen LogP contribution >= 0.6 is 0 Å². The first-order valence-corrected chi connectivity index (χ1v) is 16.5. The minimum Gasteiger partial charge on any atom is -0.508 e. The van der Waals surface area contributed by atoms with Gasteiger partial charge in [-0.05, 0) is 56.3 Å². The molecule has 0 aromatic heterocycles. The van der Waals surface area contributed by atoms with Crippen LogP contribution in [0.4, 0.5) is 26.3 Å². The molecule has 5 amide bonds. The van der Waals surface area contributed by atoms with Gasteiger partial charge in [-0.15, -0.1) is 0 Å². The zero-order valence-corrected chi connectivity index (χ0v) is 30.3. The molecule has 2 rings (SSSR count). The highest BCUT2D eigenvalue weighted by atomic mass is 19.4. The number of amides is 5. The van der Waals surface area contributed by atoms with E-state index in [1.54, 1.807) is 0 Å². The zero-order chi connectivity index (χ0) is 45.0. The Morgan fingerprint density at radius 3 is 1.72 bits per heavy atom. The summed E-state index contributed by atoms with van der Waals surface area (Å²) in [5.41, 5.74) is 16.8. The number of nitrogens with one attached hydrogen (secondary N) is 5. The minimum atomic E-state index is -5.08. The number of guanidine groups is 1. The third kappa shape index (κ3) is 26.4. The van der Waals surface area contributed by atoms with Gasteiger partial charge in [0.1, 0.15) is 29.9 Å². The van der Waals surface area contributed by atoms with Gasteiger partial charge in [0, 0.05) is 13.0 Å². The van der Waals surface area contributed by atoms with Crippen molar-refractivity contribution in [3.63, 3.8) is 0 Å². The number of carboxylic acid groups (broad SMARTS) is 3. The molecule has 21 nitrogen and oxygen atoms in total. The molecule has 4 atom stereocenters. The number of aromatic hydroxyl groups is 1. The fourth-order valence-electron chi connectivity index (χ4n) is 4.35. The highest BCUT2D eigenvalue weighted by molar-refractivity contribution is 5.98. The number of nitrogens with two attached hydrogens (primary N) is 3. The van der Waals surface area contributed by atoms with Crippen LogP contribution in [0.1, 0.15) is 44.1 Å². The summed E-state index contributed by atoms with van der Waals surface area (Å²) in [6, 6.07) is 0.627. The molecule has 4 unspecified atom stereocenters. The maximum absolute atomic E-state index is 13.6. The Kier molecular flexibility index (Phi) is 26.8. The number of carbonyl (C=O) groups is 8. The second kappa shape index (κ2) is 28.9. The molecule has 0 spiro atoms. The van der Waals surface area contributed by atoms with Crippen molar-refractivity contribution in [2.75, 3.05) is 19.6 Å². The third-order valence-electron chi connectivity index (χ3n) is 6.86. The number of aliphatic carboxylic acids is 2. The first kappa shape index (κ1) is 53.7. The van der Waals surface area contributed by atoms with Gasteiger partial charge in [0.05, 0.1) is 13.0 Å². The lowest BCUT2D eigenvalue weighted by atomic mass is 10.0. The highest BCUT2D eigenvalue weighted by Gasteiger charge is 2.38. The number of aliphatic imine (C=N–C) groups is 1. The molecule has 1 aliphatic rings. The molecule has 1 saturated heterocycles. The average Bonchev–Trinajstić information content (AvgIpc) is 3.11. The van der Waals surface area contributed by atoms with Crippen LogP contribution in [0.5, 0.6) is 5.75 Å². The van der Waals surface area contributed by atoms with Crippen molar-refractivity contribution in [3.05, 3.63) is 29.8 Å². The normalized spacial score (nSPS) is 18.7. The van der Waals surface area contributed by atoms with E-state index in [1.807, 2.05) is 0 Å². The summed E-state index contributed by atoms with van der Waals surface area (Å²) in [7, 11) is 0. The van der Waals surface area contributed by atoms with E-state index in [4.69, 9.17) is 37.0 Å². The van der Waals surface area contributed by atoms with Crippen LogP contribution in [-0.2, 0) is 44.8 Å². The number of benzene rings is 1. The smallest absolute Gasteiger partial charge is 0.490 e. The number of rotatable bonds is 12. The Hall–Kier alpha value is -6.41. The van der Waals surface area contributed by atoms with Crippen LogP contribution in [0.3, 0.4) is 0 Å². The van der Waals surface area contributed by atoms with E-state index < -0.39 is 91.5 Å². The van der Waals surface area contributed by atoms with Gasteiger partial charge in [-0.1, -0.05) is 12.1 Å². The molecule has 1 heterocycles. The van der Waals surface area contributed by atoms with Crippen LogP contribution in [0, 0.1) is 0 Å². The van der Waals surface area contributed by atoms with Crippen LogP contribution in [0.2, 0.25) is 0 Å². The summed E-state index contributed by atoms with van der Waals surface area (Å²) in [5.74, 6) is -8.37. The van der Waals surface area contributed by atoms with Crippen LogP contribution < -0.4 is 43.8 Å². The third-order valence-corrected chi connectivity index (χ3v) is 6.86. The maximum Gasteiger partial charge on any atom is 0.490 e. The summed E-state index contributed by atoms with van der Waals surface area (Å²) in [6.07, 6.45) is -4.50. The number of hydrogen-bond acceptors (Lipinski definition) is 11. The van der Waals surface area contributed by atoms with Gasteiger partial charge in [-0.25, -0.2) is 4.79 Å². The fourth-order valence-corrected chi connectivity index (χ4v) is 4.35. The molecule has 1 aromatic rings. The summed E-state index contributed by atoms with van der Waals surface area (Å²) in [6.45, 7) is -4.05. The predicted octanol–water partition coefficient (Wildman–Crippen LogP) is -1.83. The van der Waals surface area contributed by atoms with E-state index in [0.29, 0.717) is 24.9 Å². The lowest BCUT2D eigenvalue weighted by Gasteiger charge is -2.26. The minimum absolute atomic E-state index is 0.0267. The zero-order valence-electron chi connectivity index (χ0n) is 30.3. The first-order valence-electron chi connectivity index (χ1n) is 16.5. The number of hydrogen-bond donors (Lipinski definition) is 12. The molecule has 15 N–H and O–H groups in total. The summed E-state index contributed by atoms with van der Waals surface area (Å²) < 4.78 is 60.7. The summed E-state index contributed by atoms with van der Waals surface area (Å²) in [5, 5.41) is 45.4. The Balaban J connectivity index is 0. The first-order chi connectivity index (χ1) is 27.0. The lowest BCUT2D eigenvalue weighted by Crippen LogP contribution is -2.58. The quantitative estimate of drug-likeness (QED) is 0.0362.